The number of para-hydroxylation sites is 1. The molecule has 0 saturated heterocycles. The molecule has 2 rings (SSSR count). The number of carbonyl (C=O) groups is 1. The van der Waals surface area contributed by atoms with E-state index >= 15 is 0 Å². The fourth-order valence-corrected chi connectivity index (χ4v) is 2.08. The molecule has 0 spiro atoms. The maximum atomic E-state index is 11.1. The van der Waals surface area contributed by atoms with Crippen LogP contribution in [0.1, 0.15) is 31.7 Å². The van der Waals surface area contributed by atoms with E-state index in [0.29, 0.717) is 19.1 Å². The number of hydrogen-bond donors (Lipinski definition) is 2. The van der Waals surface area contributed by atoms with E-state index in [4.69, 9.17) is 9.84 Å². The van der Waals surface area contributed by atoms with Gasteiger partial charge in [0, 0.05) is 12.5 Å². The zero-order valence-corrected chi connectivity index (χ0v) is 10.8. The number of carboxylic acids is 1. The minimum absolute atomic E-state index is 0.313. The number of carboxylic acid groups (broad SMARTS) is 1. The van der Waals surface area contributed by atoms with E-state index in [2.05, 4.69) is 11.4 Å². The standard InChI is InChI=1S/C14H19NO3/c1-14(2,13(16)17)15-9-10-7-8-18-12-6-4-3-5-11(10)12/h3-6,10,15H,7-9H2,1-2H3,(H,16,17). The van der Waals surface area contributed by atoms with Crippen molar-refractivity contribution >= 4 is 5.97 Å². The first-order chi connectivity index (χ1) is 8.50. The molecule has 1 aromatic rings. The molecule has 1 heterocycles. The molecule has 0 aromatic heterocycles. The fourth-order valence-electron chi connectivity index (χ4n) is 2.08. The van der Waals surface area contributed by atoms with Gasteiger partial charge in [0.15, 0.2) is 0 Å². The Morgan fingerprint density at radius 1 is 1.50 bits per heavy atom. The van der Waals surface area contributed by atoms with Gasteiger partial charge < -0.3 is 15.2 Å². The highest BCUT2D eigenvalue weighted by Gasteiger charge is 2.29. The van der Waals surface area contributed by atoms with Crippen LogP contribution in [-0.4, -0.2) is 29.8 Å². The van der Waals surface area contributed by atoms with Crippen molar-refractivity contribution in [3.05, 3.63) is 29.8 Å². The topological polar surface area (TPSA) is 58.6 Å². The van der Waals surface area contributed by atoms with Crippen molar-refractivity contribution in [2.45, 2.75) is 31.7 Å². The Kier molecular flexibility index (Phi) is 3.57. The molecule has 4 heteroatoms. The van der Waals surface area contributed by atoms with Gasteiger partial charge in [-0.05, 0) is 31.9 Å². The van der Waals surface area contributed by atoms with Gasteiger partial charge in [-0.1, -0.05) is 18.2 Å². The summed E-state index contributed by atoms with van der Waals surface area (Å²) in [5.41, 5.74) is 0.269. The quantitative estimate of drug-likeness (QED) is 0.857. The highest BCUT2D eigenvalue weighted by Crippen LogP contribution is 2.33. The van der Waals surface area contributed by atoms with Crippen LogP contribution in [0.15, 0.2) is 24.3 Å². The summed E-state index contributed by atoms with van der Waals surface area (Å²) in [6, 6.07) is 7.96. The summed E-state index contributed by atoms with van der Waals surface area (Å²) in [5, 5.41) is 12.2. The highest BCUT2D eigenvalue weighted by molar-refractivity contribution is 5.77. The first-order valence-electron chi connectivity index (χ1n) is 6.21. The molecule has 0 radical (unpaired) electrons. The van der Waals surface area contributed by atoms with Crippen LogP contribution in [0.25, 0.3) is 0 Å². The molecular weight excluding hydrogens is 230 g/mol. The number of rotatable bonds is 4. The Morgan fingerprint density at radius 3 is 2.94 bits per heavy atom. The number of hydrogen-bond acceptors (Lipinski definition) is 3. The van der Waals surface area contributed by atoms with Crippen LogP contribution in [0.5, 0.6) is 5.75 Å². The van der Waals surface area contributed by atoms with Gasteiger partial charge >= 0.3 is 5.97 Å². The molecule has 2 N–H and O–H groups in total. The molecule has 0 amide bonds. The molecule has 18 heavy (non-hydrogen) atoms. The van der Waals surface area contributed by atoms with E-state index in [-0.39, 0.29) is 0 Å². The minimum Gasteiger partial charge on any atom is -0.493 e. The third kappa shape index (κ3) is 2.64. The van der Waals surface area contributed by atoms with Crippen molar-refractivity contribution in [1.29, 1.82) is 0 Å². The molecule has 1 unspecified atom stereocenters. The predicted octanol–water partition coefficient (Wildman–Crippen LogP) is 2.01. The van der Waals surface area contributed by atoms with Gasteiger partial charge in [0.2, 0.25) is 0 Å². The second-order valence-corrected chi connectivity index (χ2v) is 5.18. The van der Waals surface area contributed by atoms with Crippen molar-refractivity contribution in [2.24, 2.45) is 0 Å². The maximum absolute atomic E-state index is 11.1. The Balaban J connectivity index is 2.06. The Bertz CT molecular complexity index is 442. The van der Waals surface area contributed by atoms with Crippen LogP contribution in [-0.2, 0) is 4.79 Å². The minimum atomic E-state index is -0.896. The van der Waals surface area contributed by atoms with Crippen molar-refractivity contribution in [3.63, 3.8) is 0 Å². The monoisotopic (exact) mass is 249 g/mol. The average Bonchev–Trinajstić information content (AvgIpc) is 2.36. The molecule has 1 aliphatic rings. The summed E-state index contributed by atoms with van der Waals surface area (Å²) >= 11 is 0. The maximum Gasteiger partial charge on any atom is 0.323 e. The number of fused-ring (bicyclic) bond motifs is 1. The van der Waals surface area contributed by atoms with Crippen LogP contribution >= 0.6 is 0 Å². The highest BCUT2D eigenvalue weighted by atomic mass is 16.5. The van der Waals surface area contributed by atoms with Crippen LogP contribution < -0.4 is 10.1 Å². The number of nitrogens with one attached hydrogen (secondary N) is 1. The molecule has 0 fully saturated rings. The summed E-state index contributed by atoms with van der Waals surface area (Å²) in [4.78, 5) is 11.1. The lowest BCUT2D eigenvalue weighted by Gasteiger charge is -2.29. The lowest BCUT2D eigenvalue weighted by molar-refractivity contribution is -0.143. The van der Waals surface area contributed by atoms with E-state index < -0.39 is 11.5 Å². The summed E-state index contributed by atoms with van der Waals surface area (Å²) in [5.74, 6) is 0.403. The lowest BCUT2D eigenvalue weighted by atomic mass is 9.92. The molecular formula is C14H19NO3. The zero-order chi connectivity index (χ0) is 13.2. The second kappa shape index (κ2) is 4.98. The SMILES string of the molecule is CC(C)(NCC1CCOc2ccccc21)C(=O)O. The summed E-state index contributed by atoms with van der Waals surface area (Å²) in [7, 11) is 0. The number of aliphatic carboxylic acids is 1. The third-order valence-corrected chi connectivity index (χ3v) is 3.41. The van der Waals surface area contributed by atoms with Gasteiger partial charge in [0.05, 0.1) is 6.61 Å². The second-order valence-electron chi connectivity index (χ2n) is 5.18. The van der Waals surface area contributed by atoms with Gasteiger partial charge in [0.1, 0.15) is 11.3 Å². The predicted molar refractivity (Wildman–Crippen MR) is 69.0 cm³/mol. The van der Waals surface area contributed by atoms with E-state index in [1.54, 1.807) is 13.8 Å². The number of ether oxygens (including phenoxy) is 1. The number of benzene rings is 1. The van der Waals surface area contributed by atoms with E-state index in [1.165, 1.54) is 0 Å². The van der Waals surface area contributed by atoms with Gasteiger partial charge in [-0.15, -0.1) is 0 Å². The first-order valence-corrected chi connectivity index (χ1v) is 6.21. The molecule has 1 atom stereocenters. The van der Waals surface area contributed by atoms with Crippen molar-refractivity contribution in [2.75, 3.05) is 13.2 Å². The van der Waals surface area contributed by atoms with Gasteiger partial charge in [-0.2, -0.15) is 0 Å². The first kappa shape index (κ1) is 12.9. The lowest BCUT2D eigenvalue weighted by Crippen LogP contribution is -2.48. The van der Waals surface area contributed by atoms with E-state index in [9.17, 15) is 4.79 Å². The molecule has 98 valence electrons. The smallest absolute Gasteiger partial charge is 0.323 e. The fraction of sp³-hybridized carbons (Fsp3) is 0.500. The van der Waals surface area contributed by atoms with Gasteiger partial charge in [-0.25, -0.2) is 0 Å². The van der Waals surface area contributed by atoms with E-state index in [1.807, 2.05) is 18.2 Å². The normalized spacial score (nSPS) is 18.9. The third-order valence-electron chi connectivity index (χ3n) is 3.41. The van der Waals surface area contributed by atoms with Crippen LogP contribution in [0.3, 0.4) is 0 Å². The summed E-state index contributed by atoms with van der Waals surface area (Å²) in [6.07, 6.45) is 0.916. The zero-order valence-electron chi connectivity index (χ0n) is 10.8. The largest absolute Gasteiger partial charge is 0.493 e. The summed E-state index contributed by atoms with van der Waals surface area (Å²) < 4.78 is 5.59. The molecule has 4 nitrogen and oxygen atoms in total. The molecule has 0 saturated carbocycles. The average molecular weight is 249 g/mol. The van der Waals surface area contributed by atoms with Gasteiger partial charge in [-0.3, -0.25) is 4.79 Å². The Hall–Kier alpha value is -1.55. The van der Waals surface area contributed by atoms with Crippen LogP contribution in [0, 0.1) is 0 Å². The molecule has 0 aliphatic carbocycles. The molecule has 0 bridgehead atoms. The van der Waals surface area contributed by atoms with E-state index in [0.717, 1.165) is 17.7 Å². The Morgan fingerprint density at radius 2 is 2.22 bits per heavy atom. The summed E-state index contributed by atoms with van der Waals surface area (Å²) in [6.45, 7) is 4.71. The van der Waals surface area contributed by atoms with Gasteiger partial charge in [0.25, 0.3) is 0 Å². The molecule has 1 aliphatic heterocycles. The Labute approximate surface area is 107 Å². The molecule has 1 aromatic carbocycles. The van der Waals surface area contributed by atoms with Crippen LogP contribution in [0.4, 0.5) is 0 Å². The van der Waals surface area contributed by atoms with Crippen molar-refractivity contribution in [1.82, 2.24) is 5.32 Å². The van der Waals surface area contributed by atoms with Crippen molar-refractivity contribution in [3.8, 4) is 5.75 Å². The van der Waals surface area contributed by atoms with Crippen LogP contribution in [0.2, 0.25) is 0 Å². The van der Waals surface area contributed by atoms with Crippen molar-refractivity contribution < 1.29 is 14.6 Å².